The van der Waals surface area contributed by atoms with Crippen molar-refractivity contribution in [2.45, 2.75) is 6.42 Å². The molecule has 0 unspecified atom stereocenters. The Kier molecular flexibility index (Phi) is 5.92. The van der Waals surface area contributed by atoms with Gasteiger partial charge < -0.3 is 10.1 Å². The van der Waals surface area contributed by atoms with Crippen molar-refractivity contribution >= 4 is 38.3 Å². The van der Waals surface area contributed by atoms with Crippen molar-refractivity contribution < 1.29 is 9.53 Å². The van der Waals surface area contributed by atoms with E-state index in [9.17, 15) is 4.79 Å². The van der Waals surface area contributed by atoms with E-state index in [2.05, 4.69) is 33.4 Å². The molecule has 144 valence electrons. The molecule has 0 fully saturated rings. The summed E-state index contributed by atoms with van der Waals surface area (Å²) in [6.07, 6.45) is 0.830. The lowest BCUT2D eigenvalue weighted by atomic mass is 10.1. The van der Waals surface area contributed by atoms with E-state index >= 15 is 0 Å². The molecule has 1 amide bonds. The van der Waals surface area contributed by atoms with Crippen LogP contribution in [0, 0.1) is 0 Å². The molecule has 0 spiro atoms. The maximum atomic E-state index is 12.7. The fourth-order valence-electron chi connectivity index (χ4n) is 3.21. The maximum absolute atomic E-state index is 12.7. The van der Waals surface area contributed by atoms with Crippen molar-refractivity contribution in [2.75, 3.05) is 11.9 Å². The average molecular weight is 446 g/mol. The zero-order valence-corrected chi connectivity index (χ0v) is 17.4. The van der Waals surface area contributed by atoms with Crippen molar-refractivity contribution in [2.24, 2.45) is 0 Å². The van der Waals surface area contributed by atoms with E-state index in [1.807, 2.05) is 66.7 Å². The largest absolute Gasteiger partial charge is 0.492 e. The Hall–Kier alpha value is -3.11. The molecule has 0 saturated heterocycles. The second-order valence-electron chi connectivity index (χ2n) is 6.71. The number of benzene rings is 4. The normalized spacial score (nSPS) is 10.7. The van der Waals surface area contributed by atoms with Gasteiger partial charge in [-0.15, -0.1) is 0 Å². The van der Waals surface area contributed by atoms with Gasteiger partial charge in [-0.1, -0.05) is 66.7 Å². The van der Waals surface area contributed by atoms with E-state index in [0.29, 0.717) is 12.2 Å². The van der Waals surface area contributed by atoms with Gasteiger partial charge >= 0.3 is 0 Å². The Morgan fingerprint density at radius 3 is 2.45 bits per heavy atom. The standard InChI is InChI=1S/C25H20BrNO2/c26-22-17-20(13-14-24(22)29-16-15-18-7-2-1-3-8-18)25(28)27-23-12-6-10-19-9-4-5-11-21(19)23/h1-14,17H,15-16H2,(H,27,28). The van der Waals surface area contributed by atoms with Crippen molar-refractivity contribution in [3.05, 3.63) is 107 Å². The lowest BCUT2D eigenvalue weighted by Gasteiger charge is -2.11. The molecule has 4 aromatic rings. The van der Waals surface area contributed by atoms with Gasteiger partial charge in [-0.2, -0.15) is 0 Å². The van der Waals surface area contributed by atoms with E-state index < -0.39 is 0 Å². The molecule has 29 heavy (non-hydrogen) atoms. The lowest BCUT2D eigenvalue weighted by Crippen LogP contribution is -2.12. The third-order valence-corrected chi connectivity index (χ3v) is 5.34. The van der Waals surface area contributed by atoms with Crippen LogP contribution in [0.3, 0.4) is 0 Å². The first-order valence-electron chi connectivity index (χ1n) is 9.46. The summed E-state index contributed by atoms with van der Waals surface area (Å²) in [5.74, 6) is 0.570. The highest BCUT2D eigenvalue weighted by Crippen LogP contribution is 2.28. The number of amides is 1. The van der Waals surface area contributed by atoms with Crippen molar-refractivity contribution in [1.82, 2.24) is 0 Å². The van der Waals surface area contributed by atoms with Gasteiger partial charge in [0.25, 0.3) is 5.91 Å². The van der Waals surface area contributed by atoms with Crippen LogP contribution in [0.15, 0.2) is 95.5 Å². The highest BCUT2D eigenvalue weighted by molar-refractivity contribution is 9.10. The molecule has 0 heterocycles. The number of hydrogen-bond acceptors (Lipinski definition) is 2. The van der Waals surface area contributed by atoms with Gasteiger partial charge in [-0.05, 0) is 51.1 Å². The number of anilines is 1. The molecule has 1 N–H and O–H groups in total. The van der Waals surface area contributed by atoms with Gasteiger partial charge in [0.15, 0.2) is 0 Å². The van der Waals surface area contributed by atoms with Gasteiger partial charge in [0.2, 0.25) is 0 Å². The fraction of sp³-hybridized carbons (Fsp3) is 0.0800. The number of fused-ring (bicyclic) bond motifs is 1. The predicted molar refractivity (Wildman–Crippen MR) is 122 cm³/mol. The molecule has 0 bridgehead atoms. The Morgan fingerprint density at radius 1 is 0.862 bits per heavy atom. The van der Waals surface area contributed by atoms with Crippen LogP contribution in [-0.4, -0.2) is 12.5 Å². The van der Waals surface area contributed by atoms with Crippen molar-refractivity contribution in [1.29, 1.82) is 0 Å². The molecule has 0 atom stereocenters. The molecule has 0 aliphatic carbocycles. The molecule has 0 saturated carbocycles. The summed E-state index contributed by atoms with van der Waals surface area (Å²) in [4.78, 5) is 12.7. The Morgan fingerprint density at radius 2 is 1.62 bits per heavy atom. The first-order valence-corrected chi connectivity index (χ1v) is 10.3. The Bertz CT molecular complexity index is 1140. The summed E-state index contributed by atoms with van der Waals surface area (Å²) in [6, 6.07) is 29.5. The van der Waals surface area contributed by atoms with Crippen molar-refractivity contribution in [3.8, 4) is 5.75 Å². The summed E-state index contributed by atoms with van der Waals surface area (Å²) >= 11 is 3.52. The third-order valence-electron chi connectivity index (χ3n) is 4.72. The smallest absolute Gasteiger partial charge is 0.255 e. The van der Waals surface area contributed by atoms with Crippen LogP contribution in [0.25, 0.3) is 10.8 Å². The van der Waals surface area contributed by atoms with E-state index in [4.69, 9.17) is 4.74 Å². The summed E-state index contributed by atoms with van der Waals surface area (Å²) in [6.45, 7) is 0.574. The van der Waals surface area contributed by atoms with E-state index in [1.165, 1.54) is 5.56 Å². The predicted octanol–water partition coefficient (Wildman–Crippen LogP) is 6.48. The minimum atomic E-state index is -0.155. The molecule has 3 nitrogen and oxygen atoms in total. The first-order chi connectivity index (χ1) is 14.2. The topological polar surface area (TPSA) is 38.3 Å². The number of rotatable bonds is 6. The molecule has 0 radical (unpaired) electrons. The van der Waals surface area contributed by atoms with Crippen LogP contribution in [0.1, 0.15) is 15.9 Å². The zero-order valence-electron chi connectivity index (χ0n) is 15.8. The number of ether oxygens (including phenoxy) is 1. The zero-order chi connectivity index (χ0) is 20.1. The minimum absolute atomic E-state index is 0.155. The summed E-state index contributed by atoms with van der Waals surface area (Å²) in [7, 11) is 0. The van der Waals surface area contributed by atoms with Gasteiger partial charge in [-0.3, -0.25) is 4.79 Å². The van der Waals surface area contributed by atoms with Crippen LogP contribution < -0.4 is 10.1 Å². The van der Waals surface area contributed by atoms with Gasteiger partial charge in [-0.25, -0.2) is 0 Å². The molecule has 0 aliphatic rings. The summed E-state index contributed by atoms with van der Waals surface area (Å²) < 4.78 is 6.63. The highest BCUT2D eigenvalue weighted by atomic mass is 79.9. The SMILES string of the molecule is O=C(Nc1cccc2ccccc12)c1ccc(OCCc2ccccc2)c(Br)c1. The van der Waals surface area contributed by atoms with Crippen molar-refractivity contribution in [3.63, 3.8) is 0 Å². The highest BCUT2D eigenvalue weighted by Gasteiger charge is 2.11. The van der Waals surface area contributed by atoms with E-state index in [-0.39, 0.29) is 5.91 Å². The average Bonchev–Trinajstić information content (AvgIpc) is 2.76. The molecular formula is C25H20BrNO2. The molecule has 4 rings (SSSR count). The van der Waals surface area contributed by atoms with Crippen LogP contribution in [0.5, 0.6) is 5.75 Å². The number of nitrogens with one attached hydrogen (secondary N) is 1. The number of carbonyl (C=O) groups is 1. The number of halogens is 1. The van der Waals surface area contributed by atoms with E-state index in [1.54, 1.807) is 12.1 Å². The maximum Gasteiger partial charge on any atom is 0.255 e. The second kappa shape index (κ2) is 8.93. The van der Waals surface area contributed by atoms with E-state index in [0.717, 1.165) is 33.1 Å². The Balaban J connectivity index is 1.43. The third kappa shape index (κ3) is 4.66. The number of carbonyl (C=O) groups excluding carboxylic acids is 1. The van der Waals surface area contributed by atoms with Crippen LogP contribution in [0.4, 0.5) is 5.69 Å². The van der Waals surface area contributed by atoms with Crippen LogP contribution in [0.2, 0.25) is 0 Å². The van der Waals surface area contributed by atoms with Gasteiger partial charge in [0.1, 0.15) is 5.75 Å². The van der Waals surface area contributed by atoms with Crippen LogP contribution in [-0.2, 0) is 6.42 Å². The lowest BCUT2D eigenvalue weighted by molar-refractivity contribution is 0.102. The summed E-state index contributed by atoms with van der Waals surface area (Å²) in [5.41, 5.74) is 2.60. The minimum Gasteiger partial charge on any atom is -0.492 e. The first kappa shape index (κ1) is 19.2. The number of hydrogen-bond donors (Lipinski definition) is 1. The molecule has 0 aliphatic heterocycles. The van der Waals surface area contributed by atoms with Crippen LogP contribution >= 0.6 is 15.9 Å². The second-order valence-corrected chi connectivity index (χ2v) is 7.56. The molecule has 4 heteroatoms. The summed E-state index contributed by atoms with van der Waals surface area (Å²) in [5, 5.41) is 5.12. The van der Waals surface area contributed by atoms with Gasteiger partial charge in [0.05, 0.1) is 11.1 Å². The fourth-order valence-corrected chi connectivity index (χ4v) is 3.70. The molecular weight excluding hydrogens is 426 g/mol. The monoisotopic (exact) mass is 445 g/mol. The quantitative estimate of drug-likeness (QED) is 0.368. The van der Waals surface area contributed by atoms with Gasteiger partial charge in [0, 0.05) is 23.1 Å². The Labute approximate surface area is 178 Å². The molecule has 4 aromatic carbocycles. The molecule has 0 aromatic heterocycles.